The van der Waals surface area contributed by atoms with Crippen LogP contribution in [0.4, 0.5) is 5.69 Å². The molecule has 3 rings (SSSR count). The third-order valence-electron chi connectivity index (χ3n) is 3.89. The molecule has 20 heavy (non-hydrogen) atoms. The molecule has 1 heterocycles. The van der Waals surface area contributed by atoms with Gasteiger partial charge >= 0.3 is 5.97 Å². The van der Waals surface area contributed by atoms with Crippen molar-refractivity contribution in [3.8, 4) is 0 Å². The van der Waals surface area contributed by atoms with Gasteiger partial charge in [0.2, 0.25) is 5.91 Å². The molecule has 2 aliphatic rings. The molecular weight excluding hydrogens is 260 g/mol. The van der Waals surface area contributed by atoms with Crippen molar-refractivity contribution in [2.24, 2.45) is 5.41 Å². The lowest BCUT2D eigenvalue weighted by Crippen LogP contribution is -2.34. The Kier molecular flexibility index (Phi) is 2.74. The Morgan fingerprint density at radius 3 is 2.75 bits per heavy atom. The average molecular weight is 274 g/mol. The van der Waals surface area contributed by atoms with Crippen molar-refractivity contribution in [2.45, 2.75) is 19.3 Å². The minimum Gasteiger partial charge on any atom is -0.481 e. The van der Waals surface area contributed by atoms with E-state index >= 15 is 0 Å². The van der Waals surface area contributed by atoms with E-state index in [-0.39, 0.29) is 24.8 Å². The van der Waals surface area contributed by atoms with Crippen LogP contribution in [0, 0.1) is 5.41 Å². The van der Waals surface area contributed by atoms with Gasteiger partial charge in [0, 0.05) is 17.8 Å². The van der Waals surface area contributed by atoms with Gasteiger partial charge in [-0.3, -0.25) is 14.4 Å². The molecule has 6 nitrogen and oxygen atoms in total. The van der Waals surface area contributed by atoms with E-state index in [0.29, 0.717) is 18.4 Å². The summed E-state index contributed by atoms with van der Waals surface area (Å²) in [6.07, 6.45) is 1.48. The highest BCUT2D eigenvalue weighted by molar-refractivity contribution is 6.01. The van der Waals surface area contributed by atoms with Crippen LogP contribution in [0.15, 0.2) is 18.2 Å². The lowest BCUT2D eigenvalue weighted by Gasteiger charge is -2.11. The van der Waals surface area contributed by atoms with Gasteiger partial charge < -0.3 is 15.7 Å². The van der Waals surface area contributed by atoms with Gasteiger partial charge in [0.25, 0.3) is 5.91 Å². The zero-order chi connectivity index (χ0) is 14.3. The van der Waals surface area contributed by atoms with Crippen molar-refractivity contribution in [3.63, 3.8) is 0 Å². The monoisotopic (exact) mass is 274 g/mol. The molecule has 104 valence electrons. The van der Waals surface area contributed by atoms with E-state index in [1.54, 1.807) is 18.2 Å². The summed E-state index contributed by atoms with van der Waals surface area (Å²) >= 11 is 0. The smallest absolute Gasteiger partial charge is 0.311 e. The third kappa shape index (κ3) is 2.13. The van der Waals surface area contributed by atoms with Crippen LogP contribution in [0.25, 0.3) is 0 Å². The molecule has 2 amide bonds. The fraction of sp³-hybridized carbons (Fsp3) is 0.357. The minimum absolute atomic E-state index is 0.0830. The molecule has 1 aliphatic heterocycles. The summed E-state index contributed by atoms with van der Waals surface area (Å²) < 4.78 is 0. The first kappa shape index (κ1) is 12.7. The lowest BCUT2D eigenvalue weighted by atomic mass is 10.1. The molecule has 1 aromatic rings. The highest BCUT2D eigenvalue weighted by atomic mass is 16.4. The standard InChI is InChI=1S/C14H14N2O4/c17-11-6-9-5-8(1-2-10(9)16-11)12(18)15-7-14(3-4-14)13(19)20/h1-2,5H,3-4,6-7H2,(H,15,18)(H,16,17)(H,19,20). The van der Waals surface area contributed by atoms with Crippen LogP contribution in [-0.4, -0.2) is 29.4 Å². The van der Waals surface area contributed by atoms with Crippen LogP contribution >= 0.6 is 0 Å². The number of fused-ring (bicyclic) bond motifs is 1. The zero-order valence-electron chi connectivity index (χ0n) is 10.7. The summed E-state index contributed by atoms with van der Waals surface area (Å²) in [7, 11) is 0. The van der Waals surface area contributed by atoms with Gasteiger partial charge in [-0.2, -0.15) is 0 Å². The number of aliphatic carboxylic acids is 1. The fourth-order valence-electron chi connectivity index (χ4n) is 2.34. The first-order valence-electron chi connectivity index (χ1n) is 6.45. The number of rotatable bonds is 4. The van der Waals surface area contributed by atoms with Crippen LogP contribution in [0.1, 0.15) is 28.8 Å². The summed E-state index contributed by atoms with van der Waals surface area (Å²) in [5.41, 5.74) is 1.20. The number of nitrogens with one attached hydrogen (secondary N) is 2. The average Bonchev–Trinajstić information content (AvgIpc) is 3.11. The normalized spacial score (nSPS) is 18.1. The minimum atomic E-state index is -0.860. The largest absolute Gasteiger partial charge is 0.481 e. The van der Waals surface area contributed by atoms with E-state index in [1.165, 1.54) is 0 Å². The van der Waals surface area contributed by atoms with E-state index in [1.807, 2.05) is 0 Å². The van der Waals surface area contributed by atoms with Crippen LogP contribution < -0.4 is 10.6 Å². The predicted octanol–water partition coefficient (Wildman–Crippen LogP) is 0.776. The molecule has 1 aliphatic carbocycles. The number of amides is 2. The number of carboxylic acids is 1. The second kappa shape index (κ2) is 4.33. The first-order chi connectivity index (χ1) is 9.50. The summed E-state index contributed by atoms with van der Waals surface area (Å²) in [6, 6.07) is 4.99. The van der Waals surface area contributed by atoms with Gasteiger partial charge in [-0.25, -0.2) is 0 Å². The van der Waals surface area contributed by atoms with Crippen molar-refractivity contribution in [2.75, 3.05) is 11.9 Å². The number of hydrogen-bond donors (Lipinski definition) is 3. The molecule has 6 heteroatoms. The van der Waals surface area contributed by atoms with Gasteiger partial charge in [-0.1, -0.05) is 0 Å². The highest BCUT2D eigenvalue weighted by Gasteiger charge is 2.50. The predicted molar refractivity (Wildman–Crippen MR) is 70.4 cm³/mol. The number of anilines is 1. The summed E-state index contributed by atoms with van der Waals surface area (Å²) in [4.78, 5) is 34.3. The van der Waals surface area contributed by atoms with E-state index in [4.69, 9.17) is 5.11 Å². The summed E-state index contributed by atoms with van der Waals surface area (Å²) in [5.74, 6) is -1.25. The van der Waals surface area contributed by atoms with E-state index in [0.717, 1.165) is 11.3 Å². The lowest BCUT2D eigenvalue weighted by molar-refractivity contribution is -0.143. The first-order valence-corrected chi connectivity index (χ1v) is 6.45. The summed E-state index contributed by atoms with van der Waals surface area (Å²) in [6.45, 7) is 0.148. The van der Waals surface area contributed by atoms with Crippen LogP contribution in [0.5, 0.6) is 0 Å². The Morgan fingerprint density at radius 2 is 2.10 bits per heavy atom. The molecule has 1 fully saturated rings. The van der Waals surface area contributed by atoms with Crippen molar-refractivity contribution in [1.29, 1.82) is 0 Å². The van der Waals surface area contributed by atoms with Crippen molar-refractivity contribution < 1.29 is 19.5 Å². The number of carbonyl (C=O) groups is 3. The van der Waals surface area contributed by atoms with E-state index < -0.39 is 11.4 Å². The fourth-order valence-corrected chi connectivity index (χ4v) is 2.34. The Labute approximate surface area is 115 Å². The Balaban J connectivity index is 1.68. The van der Waals surface area contributed by atoms with Gasteiger partial charge in [-0.15, -0.1) is 0 Å². The number of hydrogen-bond acceptors (Lipinski definition) is 3. The molecule has 1 saturated carbocycles. The number of carbonyl (C=O) groups excluding carboxylic acids is 2. The van der Waals surface area contributed by atoms with Crippen LogP contribution in [-0.2, 0) is 16.0 Å². The Bertz CT molecular complexity index is 620. The quantitative estimate of drug-likeness (QED) is 0.756. The maximum Gasteiger partial charge on any atom is 0.311 e. The van der Waals surface area contributed by atoms with Crippen LogP contribution in [0.3, 0.4) is 0 Å². The van der Waals surface area contributed by atoms with Gasteiger partial charge in [0.1, 0.15) is 0 Å². The number of benzene rings is 1. The second-order valence-electron chi connectivity index (χ2n) is 5.37. The molecule has 0 aromatic heterocycles. The third-order valence-corrected chi connectivity index (χ3v) is 3.89. The van der Waals surface area contributed by atoms with Gasteiger partial charge in [-0.05, 0) is 36.6 Å². The zero-order valence-corrected chi connectivity index (χ0v) is 10.7. The summed E-state index contributed by atoms with van der Waals surface area (Å²) in [5, 5.41) is 14.4. The van der Waals surface area contributed by atoms with E-state index in [2.05, 4.69) is 10.6 Å². The maximum atomic E-state index is 12.0. The molecule has 1 aromatic carbocycles. The second-order valence-corrected chi connectivity index (χ2v) is 5.37. The Morgan fingerprint density at radius 1 is 1.35 bits per heavy atom. The maximum absolute atomic E-state index is 12.0. The van der Waals surface area contributed by atoms with Crippen molar-refractivity contribution in [1.82, 2.24) is 5.32 Å². The van der Waals surface area contributed by atoms with Gasteiger partial charge in [0.15, 0.2) is 0 Å². The van der Waals surface area contributed by atoms with Crippen molar-refractivity contribution in [3.05, 3.63) is 29.3 Å². The molecule has 0 unspecified atom stereocenters. The molecule has 0 spiro atoms. The molecular formula is C14H14N2O4. The SMILES string of the molecule is O=C1Cc2cc(C(=O)NCC3(C(=O)O)CC3)ccc2N1. The topological polar surface area (TPSA) is 95.5 Å². The molecule has 0 atom stereocenters. The Hall–Kier alpha value is -2.37. The molecule has 0 saturated heterocycles. The molecule has 0 bridgehead atoms. The highest BCUT2D eigenvalue weighted by Crippen LogP contribution is 2.45. The molecule has 3 N–H and O–H groups in total. The molecule has 0 radical (unpaired) electrons. The van der Waals surface area contributed by atoms with Crippen LogP contribution in [0.2, 0.25) is 0 Å². The van der Waals surface area contributed by atoms with Crippen molar-refractivity contribution >= 4 is 23.5 Å². The van der Waals surface area contributed by atoms with E-state index in [9.17, 15) is 14.4 Å². The number of carboxylic acid groups (broad SMARTS) is 1. The van der Waals surface area contributed by atoms with Gasteiger partial charge in [0.05, 0.1) is 11.8 Å².